The number of carbonyl (C=O) groups is 1. The molecular weight excluding hydrogens is 330 g/mol. The Kier molecular flexibility index (Phi) is 5.71. The zero-order valence-electron chi connectivity index (χ0n) is 15.6. The molecule has 0 atom stereocenters. The van der Waals surface area contributed by atoms with E-state index in [1.165, 1.54) is 0 Å². The van der Waals surface area contributed by atoms with E-state index in [0.717, 1.165) is 37.2 Å². The molecule has 0 bridgehead atoms. The summed E-state index contributed by atoms with van der Waals surface area (Å²) in [5.41, 5.74) is 1.31. The van der Waals surface area contributed by atoms with E-state index in [-0.39, 0.29) is 5.97 Å². The van der Waals surface area contributed by atoms with Gasteiger partial charge in [-0.3, -0.25) is 0 Å². The van der Waals surface area contributed by atoms with Crippen LogP contribution >= 0.6 is 0 Å². The summed E-state index contributed by atoms with van der Waals surface area (Å²) in [6.45, 7) is 6.15. The Bertz CT molecular complexity index is 753. The molecule has 1 fully saturated rings. The van der Waals surface area contributed by atoms with E-state index >= 15 is 0 Å². The Morgan fingerprint density at radius 3 is 2.54 bits per heavy atom. The van der Waals surface area contributed by atoms with Crippen molar-refractivity contribution in [3.8, 4) is 17.1 Å². The van der Waals surface area contributed by atoms with Crippen LogP contribution in [0.5, 0.6) is 5.75 Å². The van der Waals surface area contributed by atoms with Crippen molar-refractivity contribution >= 4 is 11.8 Å². The third-order valence-electron chi connectivity index (χ3n) is 4.70. The van der Waals surface area contributed by atoms with Gasteiger partial charge in [-0.2, -0.15) is 0 Å². The number of benzene rings is 1. The van der Waals surface area contributed by atoms with Crippen LogP contribution in [0.4, 0.5) is 5.82 Å². The molecule has 1 saturated heterocycles. The van der Waals surface area contributed by atoms with Crippen molar-refractivity contribution in [3.05, 3.63) is 36.0 Å². The number of anilines is 1. The molecule has 6 nitrogen and oxygen atoms in total. The first kappa shape index (κ1) is 18.2. The molecule has 6 heteroatoms. The minimum absolute atomic E-state index is 0.329. The quantitative estimate of drug-likeness (QED) is 0.764. The first-order valence-electron chi connectivity index (χ1n) is 9.06. The van der Waals surface area contributed by atoms with E-state index in [1.54, 1.807) is 20.2 Å². The molecule has 0 saturated carbocycles. The fourth-order valence-corrected chi connectivity index (χ4v) is 3.07. The normalized spacial score (nSPS) is 15.0. The van der Waals surface area contributed by atoms with Crippen LogP contribution in [0.2, 0.25) is 0 Å². The van der Waals surface area contributed by atoms with Crippen molar-refractivity contribution in [2.75, 3.05) is 31.7 Å². The number of piperidine rings is 1. The second-order valence-corrected chi connectivity index (χ2v) is 6.55. The molecule has 2 heterocycles. The van der Waals surface area contributed by atoms with Crippen LogP contribution in [0.25, 0.3) is 11.4 Å². The Morgan fingerprint density at radius 2 is 1.92 bits per heavy atom. The van der Waals surface area contributed by atoms with Gasteiger partial charge >= 0.3 is 5.97 Å². The Labute approximate surface area is 154 Å². The van der Waals surface area contributed by atoms with Gasteiger partial charge in [-0.05, 0) is 49.9 Å². The predicted octanol–water partition coefficient (Wildman–Crippen LogP) is 3.57. The topological polar surface area (TPSA) is 64.5 Å². The molecule has 0 radical (unpaired) electrons. The van der Waals surface area contributed by atoms with Crippen LogP contribution in [0, 0.1) is 5.92 Å². The minimum atomic E-state index is -0.373. The fourth-order valence-electron chi connectivity index (χ4n) is 3.07. The summed E-state index contributed by atoms with van der Waals surface area (Å²) in [7, 11) is 1.63. The minimum Gasteiger partial charge on any atom is -0.497 e. The van der Waals surface area contributed by atoms with Crippen molar-refractivity contribution in [2.45, 2.75) is 26.7 Å². The monoisotopic (exact) mass is 355 g/mol. The van der Waals surface area contributed by atoms with Gasteiger partial charge in [0, 0.05) is 24.8 Å². The molecule has 3 rings (SSSR count). The average Bonchev–Trinajstić information content (AvgIpc) is 2.68. The van der Waals surface area contributed by atoms with E-state index < -0.39 is 0 Å². The van der Waals surface area contributed by atoms with Crippen LogP contribution in [-0.2, 0) is 4.74 Å². The van der Waals surface area contributed by atoms with Crippen LogP contribution in [-0.4, -0.2) is 42.7 Å². The average molecular weight is 355 g/mol. The van der Waals surface area contributed by atoms with E-state index in [9.17, 15) is 4.79 Å². The summed E-state index contributed by atoms with van der Waals surface area (Å²) in [6, 6.07) is 7.58. The second-order valence-electron chi connectivity index (χ2n) is 6.55. The summed E-state index contributed by atoms with van der Waals surface area (Å²) in [4.78, 5) is 23.6. The summed E-state index contributed by atoms with van der Waals surface area (Å²) in [5.74, 6) is 2.36. The van der Waals surface area contributed by atoms with Crippen molar-refractivity contribution in [3.63, 3.8) is 0 Å². The maximum Gasteiger partial charge on any atom is 0.343 e. The van der Waals surface area contributed by atoms with Gasteiger partial charge in [-0.1, -0.05) is 6.92 Å². The number of carbonyl (C=O) groups excluding carboxylic acids is 1. The lowest BCUT2D eigenvalue weighted by Crippen LogP contribution is -2.35. The van der Waals surface area contributed by atoms with Crippen molar-refractivity contribution in [2.24, 2.45) is 5.92 Å². The zero-order chi connectivity index (χ0) is 18.5. The second kappa shape index (κ2) is 8.17. The van der Waals surface area contributed by atoms with E-state index in [4.69, 9.17) is 14.5 Å². The van der Waals surface area contributed by atoms with Gasteiger partial charge in [-0.25, -0.2) is 14.8 Å². The first-order chi connectivity index (χ1) is 12.6. The molecule has 0 spiro atoms. The van der Waals surface area contributed by atoms with Crippen LogP contribution < -0.4 is 9.64 Å². The van der Waals surface area contributed by atoms with Gasteiger partial charge in [0.25, 0.3) is 0 Å². The van der Waals surface area contributed by atoms with Crippen molar-refractivity contribution in [1.29, 1.82) is 0 Å². The number of nitrogens with zero attached hydrogens (tertiary/aromatic N) is 3. The largest absolute Gasteiger partial charge is 0.497 e. The highest BCUT2D eigenvalue weighted by molar-refractivity contribution is 5.94. The maximum atomic E-state index is 12.4. The highest BCUT2D eigenvalue weighted by Gasteiger charge is 2.24. The summed E-state index contributed by atoms with van der Waals surface area (Å²) in [5, 5.41) is 0. The van der Waals surface area contributed by atoms with Crippen molar-refractivity contribution in [1.82, 2.24) is 9.97 Å². The summed E-state index contributed by atoms with van der Waals surface area (Å²) in [6.07, 6.45) is 3.76. The molecule has 1 aliphatic rings. The number of ether oxygens (including phenoxy) is 2. The Balaban J connectivity index is 1.97. The number of esters is 1. The first-order valence-corrected chi connectivity index (χ1v) is 9.06. The molecule has 2 aromatic rings. The SMILES string of the molecule is CCOC(=O)c1cnc(-c2ccc(OC)cc2)nc1N1CCC(C)CC1. The van der Waals surface area contributed by atoms with E-state index in [2.05, 4.69) is 16.8 Å². The molecule has 138 valence electrons. The summed E-state index contributed by atoms with van der Waals surface area (Å²) < 4.78 is 10.4. The van der Waals surface area contributed by atoms with Gasteiger partial charge in [0.1, 0.15) is 17.1 Å². The summed E-state index contributed by atoms with van der Waals surface area (Å²) >= 11 is 0. The molecule has 1 aliphatic heterocycles. The van der Waals surface area contributed by atoms with Crippen LogP contribution in [0.1, 0.15) is 37.0 Å². The van der Waals surface area contributed by atoms with E-state index in [0.29, 0.717) is 29.7 Å². The molecule has 1 aromatic carbocycles. The van der Waals surface area contributed by atoms with E-state index in [1.807, 2.05) is 24.3 Å². The van der Waals surface area contributed by atoms with Crippen molar-refractivity contribution < 1.29 is 14.3 Å². The molecule has 0 aliphatic carbocycles. The van der Waals surface area contributed by atoms with Crippen LogP contribution in [0.15, 0.2) is 30.5 Å². The number of hydrogen-bond acceptors (Lipinski definition) is 6. The highest BCUT2D eigenvalue weighted by Crippen LogP contribution is 2.28. The molecule has 26 heavy (non-hydrogen) atoms. The number of hydrogen-bond donors (Lipinski definition) is 0. The fraction of sp³-hybridized carbons (Fsp3) is 0.450. The van der Waals surface area contributed by atoms with Gasteiger partial charge < -0.3 is 14.4 Å². The number of aromatic nitrogens is 2. The maximum absolute atomic E-state index is 12.4. The number of methoxy groups -OCH3 is 1. The lowest BCUT2D eigenvalue weighted by atomic mass is 9.99. The molecule has 0 unspecified atom stereocenters. The van der Waals surface area contributed by atoms with Gasteiger partial charge in [0.2, 0.25) is 0 Å². The lowest BCUT2D eigenvalue weighted by Gasteiger charge is -2.32. The zero-order valence-corrected chi connectivity index (χ0v) is 15.6. The third-order valence-corrected chi connectivity index (χ3v) is 4.70. The highest BCUT2D eigenvalue weighted by atomic mass is 16.5. The molecule has 1 aromatic heterocycles. The van der Waals surface area contributed by atoms with Gasteiger partial charge in [0.05, 0.1) is 13.7 Å². The molecular formula is C20H25N3O3. The third kappa shape index (κ3) is 3.95. The Hall–Kier alpha value is -2.63. The number of rotatable bonds is 5. The smallest absolute Gasteiger partial charge is 0.343 e. The molecule has 0 amide bonds. The lowest BCUT2D eigenvalue weighted by molar-refractivity contribution is 0.0526. The van der Waals surface area contributed by atoms with Gasteiger partial charge in [0.15, 0.2) is 5.82 Å². The predicted molar refractivity (Wildman–Crippen MR) is 101 cm³/mol. The van der Waals surface area contributed by atoms with Crippen LogP contribution in [0.3, 0.4) is 0 Å². The molecule has 0 N–H and O–H groups in total. The Morgan fingerprint density at radius 1 is 1.23 bits per heavy atom. The van der Waals surface area contributed by atoms with Gasteiger partial charge in [-0.15, -0.1) is 0 Å². The standard InChI is InChI=1S/C20H25N3O3/c1-4-26-20(24)17-13-21-18(15-5-7-16(25-3)8-6-15)22-19(17)23-11-9-14(2)10-12-23/h5-8,13-14H,4,9-12H2,1-3H3.